The van der Waals surface area contributed by atoms with Crippen molar-refractivity contribution < 1.29 is 13.5 Å². The van der Waals surface area contributed by atoms with Gasteiger partial charge in [-0.1, -0.05) is 36.4 Å². The van der Waals surface area contributed by atoms with E-state index in [2.05, 4.69) is 5.32 Å². The summed E-state index contributed by atoms with van der Waals surface area (Å²) in [5.41, 5.74) is 3.07. The molecule has 2 nitrogen and oxygen atoms in total. The van der Waals surface area contributed by atoms with Crippen LogP contribution >= 0.6 is 0 Å². The fourth-order valence-electron chi connectivity index (χ4n) is 2.16. The molecule has 0 aliphatic rings. The number of hydrogen-bond acceptors (Lipinski definition) is 2. The van der Waals surface area contributed by atoms with Gasteiger partial charge in [-0.2, -0.15) is 0 Å². The van der Waals surface area contributed by atoms with Gasteiger partial charge < -0.3 is 10.1 Å². The summed E-state index contributed by atoms with van der Waals surface area (Å²) in [4.78, 5) is 0. The highest BCUT2D eigenvalue weighted by atomic mass is 19.3. The lowest BCUT2D eigenvalue weighted by atomic mass is 10.1. The molecule has 0 spiro atoms. The van der Waals surface area contributed by atoms with Crippen LogP contribution in [-0.2, 0) is 17.7 Å². The Hall–Kier alpha value is -1.94. The minimum atomic E-state index is -2.43. The molecule has 1 N–H and O–H groups in total. The maximum absolute atomic E-state index is 12.7. The zero-order chi connectivity index (χ0) is 15.1. The van der Waals surface area contributed by atoms with Crippen molar-refractivity contribution in [3.8, 4) is 0 Å². The highest BCUT2D eigenvalue weighted by molar-refractivity contribution is 5.51. The molecule has 0 aliphatic carbocycles. The van der Waals surface area contributed by atoms with Crippen LogP contribution in [0.25, 0.3) is 0 Å². The van der Waals surface area contributed by atoms with Crippen molar-refractivity contribution in [1.29, 1.82) is 0 Å². The molecule has 0 radical (unpaired) electrons. The molecule has 0 fully saturated rings. The Morgan fingerprint density at radius 1 is 1.10 bits per heavy atom. The van der Waals surface area contributed by atoms with E-state index in [-0.39, 0.29) is 5.56 Å². The van der Waals surface area contributed by atoms with E-state index < -0.39 is 6.43 Å². The number of methoxy groups -OCH3 is 1. The van der Waals surface area contributed by atoms with Crippen LogP contribution in [-0.4, -0.2) is 13.7 Å². The van der Waals surface area contributed by atoms with E-state index in [4.69, 9.17) is 4.74 Å². The maximum Gasteiger partial charge on any atom is 0.263 e. The highest BCUT2D eigenvalue weighted by Crippen LogP contribution is 2.21. The Morgan fingerprint density at radius 3 is 2.67 bits per heavy atom. The van der Waals surface area contributed by atoms with Crippen LogP contribution in [0.3, 0.4) is 0 Å². The predicted octanol–water partition coefficient (Wildman–Crippen LogP) is 4.43. The van der Waals surface area contributed by atoms with Gasteiger partial charge in [0.1, 0.15) is 0 Å². The number of ether oxygens (including phenoxy) is 1. The van der Waals surface area contributed by atoms with E-state index in [9.17, 15) is 8.78 Å². The van der Waals surface area contributed by atoms with Gasteiger partial charge in [0.05, 0.1) is 6.61 Å². The Kier molecular flexibility index (Phi) is 5.69. The normalized spacial score (nSPS) is 10.9. The molecule has 0 aromatic heterocycles. The lowest BCUT2D eigenvalue weighted by Gasteiger charge is -2.12. The SMILES string of the molecule is COCCc1ccccc1NCc1cccc(C(F)F)c1. The minimum Gasteiger partial charge on any atom is -0.384 e. The molecule has 0 amide bonds. The van der Waals surface area contributed by atoms with Gasteiger partial charge in [-0.15, -0.1) is 0 Å². The number of nitrogens with one attached hydrogen (secondary N) is 1. The van der Waals surface area contributed by atoms with E-state index in [1.54, 1.807) is 13.2 Å². The zero-order valence-electron chi connectivity index (χ0n) is 12.0. The van der Waals surface area contributed by atoms with Crippen molar-refractivity contribution in [1.82, 2.24) is 0 Å². The average Bonchev–Trinajstić information content (AvgIpc) is 2.52. The van der Waals surface area contributed by atoms with Crippen molar-refractivity contribution in [2.24, 2.45) is 0 Å². The van der Waals surface area contributed by atoms with Crippen molar-refractivity contribution in [2.45, 2.75) is 19.4 Å². The maximum atomic E-state index is 12.7. The Balaban J connectivity index is 2.04. The monoisotopic (exact) mass is 291 g/mol. The van der Waals surface area contributed by atoms with Crippen molar-refractivity contribution >= 4 is 5.69 Å². The van der Waals surface area contributed by atoms with Crippen LogP contribution in [0.4, 0.5) is 14.5 Å². The second-order valence-electron chi connectivity index (χ2n) is 4.80. The van der Waals surface area contributed by atoms with Gasteiger partial charge in [0.15, 0.2) is 0 Å². The number of hydrogen-bond donors (Lipinski definition) is 1. The first-order valence-corrected chi connectivity index (χ1v) is 6.88. The lowest BCUT2D eigenvalue weighted by molar-refractivity contribution is 0.151. The molecule has 2 rings (SSSR count). The largest absolute Gasteiger partial charge is 0.384 e. The van der Waals surface area contributed by atoms with Crippen LogP contribution in [0.2, 0.25) is 0 Å². The van der Waals surface area contributed by atoms with Crippen LogP contribution < -0.4 is 5.32 Å². The summed E-state index contributed by atoms with van der Waals surface area (Å²) >= 11 is 0. The average molecular weight is 291 g/mol. The molecule has 0 aliphatic heterocycles. The molecular weight excluding hydrogens is 272 g/mol. The number of anilines is 1. The third-order valence-electron chi connectivity index (χ3n) is 3.28. The van der Waals surface area contributed by atoms with E-state index in [1.165, 1.54) is 12.1 Å². The molecule has 2 aromatic carbocycles. The molecule has 0 heterocycles. The van der Waals surface area contributed by atoms with Gasteiger partial charge in [0.25, 0.3) is 6.43 Å². The summed E-state index contributed by atoms with van der Waals surface area (Å²) in [6.45, 7) is 1.17. The zero-order valence-corrected chi connectivity index (χ0v) is 12.0. The number of halogens is 2. The molecule has 2 aromatic rings. The van der Waals surface area contributed by atoms with Gasteiger partial charge in [-0.3, -0.25) is 0 Å². The summed E-state index contributed by atoms with van der Waals surface area (Å²) in [5.74, 6) is 0. The molecule has 0 bridgehead atoms. The first-order chi connectivity index (χ1) is 10.2. The molecule has 0 saturated heterocycles. The number of benzene rings is 2. The van der Waals surface area contributed by atoms with Gasteiger partial charge >= 0.3 is 0 Å². The van der Waals surface area contributed by atoms with E-state index in [0.717, 1.165) is 23.2 Å². The van der Waals surface area contributed by atoms with Gasteiger partial charge in [0.2, 0.25) is 0 Å². The first-order valence-electron chi connectivity index (χ1n) is 6.88. The topological polar surface area (TPSA) is 21.3 Å². The minimum absolute atomic E-state index is 0.0574. The quantitative estimate of drug-likeness (QED) is 0.815. The molecule has 4 heteroatoms. The highest BCUT2D eigenvalue weighted by Gasteiger charge is 2.07. The Morgan fingerprint density at radius 2 is 1.90 bits per heavy atom. The van der Waals surface area contributed by atoms with Gasteiger partial charge in [0, 0.05) is 24.9 Å². The van der Waals surface area contributed by atoms with E-state index in [1.807, 2.05) is 30.3 Å². The molecule has 0 unspecified atom stereocenters. The lowest BCUT2D eigenvalue weighted by Crippen LogP contribution is -2.04. The summed E-state index contributed by atoms with van der Waals surface area (Å²) < 4.78 is 30.5. The van der Waals surface area contributed by atoms with Crippen LogP contribution in [0.15, 0.2) is 48.5 Å². The smallest absolute Gasteiger partial charge is 0.263 e. The summed E-state index contributed by atoms with van der Waals surface area (Å²) in [7, 11) is 1.67. The molecule has 0 atom stereocenters. The first kappa shape index (κ1) is 15.4. The van der Waals surface area contributed by atoms with Crippen LogP contribution in [0, 0.1) is 0 Å². The molecule has 0 saturated carbocycles. The number of para-hydroxylation sites is 1. The van der Waals surface area contributed by atoms with E-state index >= 15 is 0 Å². The third-order valence-corrected chi connectivity index (χ3v) is 3.28. The summed E-state index contributed by atoms with van der Waals surface area (Å²) in [5, 5.41) is 3.30. The fourth-order valence-corrected chi connectivity index (χ4v) is 2.16. The Bertz CT molecular complexity index is 572. The number of alkyl halides is 2. The van der Waals surface area contributed by atoms with Crippen LogP contribution in [0.1, 0.15) is 23.1 Å². The molecule has 112 valence electrons. The third kappa shape index (κ3) is 4.53. The second kappa shape index (κ2) is 7.74. The fraction of sp³-hybridized carbons (Fsp3) is 0.294. The van der Waals surface area contributed by atoms with Crippen LogP contribution in [0.5, 0.6) is 0 Å². The summed E-state index contributed by atoms with van der Waals surface area (Å²) in [6.07, 6.45) is -1.62. The summed E-state index contributed by atoms with van der Waals surface area (Å²) in [6, 6.07) is 14.4. The van der Waals surface area contributed by atoms with Gasteiger partial charge in [-0.25, -0.2) is 8.78 Å². The number of rotatable bonds is 7. The predicted molar refractivity (Wildman–Crippen MR) is 80.7 cm³/mol. The Labute approximate surface area is 123 Å². The van der Waals surface area contributed by atoms with Crippen molar-refractivity contribution in [2.75, 3.05) is 19.0 Å². The standard InChI is InChI=1S/C17H19F2NO/c1-21-10-9-14-6-2-3-8-16(14)20-12-13-5-4-7-15(11-13)17(18)19/h2-8,11,17,20H,9-10,12H2,1H3. The molecule has 21 heavy (non-hydrogen) atoms. The van der Waals surface area contributed by atoms with Crippen molar-refractivity contribution in [3.05, 3.63) is 65.2 Å². The second-order valence-corrected chi connectivity index (χ2v) is 4.80. The van der Waals surface area contributed by atoms with E-state index in [0.29, 0.717) is 13.2 Å². The van der Waals surface area contributed by atoms with Gasteiger partial charge in [-0.05, 0) is 29.7 Å². The molecular formula is C17H19F2NO. The van der Waals surface area contributed by atoms with Crippen molar-refractivity contribution in [3.63, 3.8) is 0 Å².